The Balaban J connectivity index is 2.27. The molecule has 1 aromatic rings. The summed E-state index contributed by atoms with van der Waals surface area (Å²) in [5.74, 6) is -0.0788. The number of nitrogens with zero attached hydrogens (tertiary/aromatic N) is 1. The van der Waals surface area contributed by atoms with Crippen LogP contribution in [0.3, 0.4) is 0 Å². The van der Waals surface area contributed by atoms with Crippen LogP contribution in [0.25, 0.3) is 0 Å². The minimum atomic E-state index is -0.350. The third-order valence-corrected chi connectivity index (χ3v) is 3.40. The lowest BCUT2D eigenvalue weighted by atomic mass is 10.1. The van der Waals surface area contributed by atoms with Crippen molar-refractivity contribution < 1.29 is 14.6 Å². The molecule has 2 rings (SSSR count). The number of esters is 1. The van der Waals surface area contributed by atoms with Gasteiger partial charge in [-0.25, -0.2) is 4.79 Å². The Morgan fingerprint density at radius 2 is 2.37 bits per heavy atom. The minimum Gasteiger partial charge on any atom is -0.462 e. The lowest BCUT2D eigenvalue weighted by Crippen LogP contribution is -2.23. The van der Waals surface area contributed by atoms with Gasteiger partial charge in [-0.05, 0) is 31.5 Å². The summed E-state index contributed by atoms with van der Waals surface area (Å²) in [6.07, 6.45) is 0.934. The first kappa shape index (κ1) is 13.7. The molecule has 0 amide bonds. The predicted molar refractivity (Wildman–Crippen MR) is 74.2 cm³/mol. The summed E-state index contributed by atoms with van der Waals surface area (Å²) >= 11 is 0. The average Bonchev–Trinajstić information content (AvgIpc) is 2.87. The molecule has 19 heavy (non-hydrogen) atoms. The number of aliphatic hydroxyl groups is 1. The summed E-state index contributed by atoms with van der Waals surface area (Å²) in [4.78, 5) is 14.1. The van der Waals surface area contributed by atoms with Crippen LogP contribution in [0.1, 0.15) is 23.7 Å². The predicted octanol–water partition coefficient (Wildman–Crippen LogP) is 1.26. The van der Waals surface area contributed by atoms with Gasteiger partial charge in [-0.2, -0.15) is 0 Å². The molecule has 0 aliphatic carbocycles. The van der Waals surface area contributed by atoms with Crippen LogP contribution >= 0.6 is 0 Å². The Morgan fingerprint density at radius 1 is 1.58 bits per heavy atom. The van der Waals surface area contributed by atoms with E-state index in [2.05, 4.69) is 4.90 Å². The third-order valence-electron chi connectivity index (χ3n) is 3.40. The number of nitrogen functional groups attached to an aromatic ring is 1. The number of nitrogens with two attached hydrogens (primary N) is 1. The molecule has 1 aliphatic heterocycles. The number of benzene rings is 1. The summed E-state index contributed by atoms with van der Waals surface area (Å²) < 4.78 is 5.07. The van der Waals surface area contributed by atoms with Gasteiger partial charge >= 0.3 is 5.97 Å². The molecule has 1 aromatic carbocycles. The van der Waals surface area contributed by atoms with Crippen molar-refractivity contribution in [2.45, 2.75) is 13.3 Å². The largest absolute Gasteiger partial charge is 0.462 e. The first-order chi connectivity index (χ1) is 9.15. The van der Waals surface area contributed by atoms with Crippen molar-refractivity contribution in [3.8, 4) is 0 Å². The number of ether oxygens (including phenoxy) is 1. The molecule has 5 nitrogen and oxygen atoms in total. The molecule has 1 heterocycles. The summed E-state index contributed by atoms with van der Waals surface area (Å²) in [7, 11) is 0. The van der Waals surface area contributed by atoms with E-state index in [1.54, 1.807) is 19.1 Å². The van der Waals surface area contributed by atoms with Gasteiger partial charge in [0.2, 0.25) is 0 Å². The van der Waals surface area contributed by atoms with Crippen molar-refractivity contribution in [1.82, 2.24) is 0 Å². The Bertz CT molecular complexity index is 462. The molecular formula is C14H20N2O3. The van der Waals surface area contributed by atoms with Gasteiger partial charge in [-0.15, -0.1) is 0 Å². The van der Waals surface area contributed by atoms with Gasteiger partial charge in [0.25, 0.3) is 0 Å². The van der Waals surface area contributed by atoms with Crippen LogP contribution in [0.15, 0.2) is 18.2 Å². The van der Waals surface area contributed by atoms with E-state index in [0.717, 1.165) is 25.2 Å². The van der Waals surface area contributed by atoms with E-state index in [1.807, 2.05) is 6.07 Å². The number of carbonyl (C=O) groups is 1. The first-order valence-electron chi connectivity index (χ1n) is 6.58. The molecule has 1 atom stereocenters. The summed E-state index contributed by atoms with van der Waals surface area (Å²) in [6, 6.07) is 5.28. The second-order valence-electron chi connectivity index (χ2n) is 4.78. The molecule has 0 bridgehead atoms. The van der Waals surface area contributed by atoms with Gasteiger partial charge in [-0.1, -0.05) is 0 Å². The fraction of sp³-hybridized carbons (Fsp3) is 0.500. The minimum absolute atomic E-state index is 0.181. The van der Waals surface area contributed by atoms with E-state index in [9.17, 15) is 9.90 Å². The molecule has 5 heteroatoms. The number of carbonyl (C=O) groups excluding carboxylic acids is 1. The monoisotopic (exact) mass is 264 g/mol. The highest BCUT2D eigenvalue weighted by atomic mass is 16.5. The Kier molecular flexibility index (Phi) is 4.27. The zero-order valence-electron chi connectivity index (χ0n) is 11.1. The number of hydrogen-bond donors (Lipinski definition) is 2. The van der Waals surface area contributed by atoms with Crippen molar-refractivity contribution in [2.75, 3.05) is 36.9 Å². The first-order valence-corrected chi connectivity index (χ1v) is 6.58. The average molecular weight is 264 g/mol. The van der Waals surface area contributed by atoms with Crippen molar-refractivity contribution in [1.29, 1.82) is 0 Å². The van der Waals surface area contributed by atoms with Crippen LogP contribution in [0.4, 0.5) is 11.4 Å². The molecule has 1 fully saturated rings. The second-order valence-corrected chi connectivity index (χ2v) is 4.78. The lowest BCUT2D eigenvalue weighted by molar-refractivity contribution is 0.0527. The molecule has 0 radical (unpaired) electrons. The maximum absolute atomic E-state index is 12.0. The van der Waals surface area contributed by atoms with Crippen molar-refractivity contribution in [3.05, 3.63) is 23.8 Å². The van der Waals surface area contributed by atoms with Crippen LogP contribution in [0.5, 0.6) is 0 Å². The van der Waals surface area contributed by atoms with Gasteiger partial charge in [0.1, 0.15) is 0 Å². The number of rotatable bonds is 4. The summed E-state index contributed by atoms with van der Waals surface area (Å²) in [6.45, 7) is 3.89. The zero-order valence-corrected chi connectivity index (χ0v) is 11.1. The van der Waals surface area contributed by atoms with Crippen molar-refractivity contribution in [3.63, 3.8) is 0 Å². The summed E-state index contributed by atoms with van der Waals surface area (Å²) in [5.41, 5.74) is 7.63. The summed E-state index contributed by atoms with van der Waals surface area (Å²) in [5, 5.41) is 9.20. The van der Waals surface area contributed by atoms with Crippen LogP contribution < -0.4 is 10.6 Å². The van der Waals surface area contributed by atoms with Gasteiger partial charge in [0.05, 0.1) is 17.9 Å². The van der Waals surface area contributed by atoms with Crippen molar-refractivity contribution >= 4 is 17.3 Å². The van der Waals surface area contributed by atoms with Gasteiger partial charge < -0.3 is 20.5 Å². The van der Waals surface area contributed by atoms with Gasteiger partial charge in [0, 0.05) is 31.3 Å². The maximum Gasteiger partial charge on any atom is 0.340 e. The molecule has 104 valence electrons. The van der Waals surface area contributed by atoms with E-state index in [0.29, 0.717) is 17.9 Å². The van der Waals surface area contributed by atoms with Crippen molar-refractivity contribution in [2.24, 2.45) is 5.92 Å². The lowest BCUT2D eigenvalue weighted by Gasteiger charge is -2.21. The molecule has 0 saturated carbocycles. The number of anilines is 2. The van der Waals surface area contributed by atoms with E-state index < -0.39 is 0 Å². The number of aliphatic hydroxyl groups excluding tert-OH is 1. The Hall–Kier alpha value is -1.75. The highest BCUT2D eigenvalue weighted by molar-refractivity contribution is 5.97. The van der Waals surface area contributed by atoms with E-state index in [4.69, 9.17) is 10.5 Å². The Labute approximate surface area is 113 Å². The van der Waals surface area contributed by atoms with E-state index >= 15 is 0 Å². The SMILES string of the molecule is CCOC(=O)c1cc(N)ccc1N1CCC(CO)C1. The topological polar surface area (TPSA) is 75.8 Å². The van der Waals surface area contributed by atoms with Crippen LogP contribution in [0.2, 0.25) is 0 Å². The van der Waals surface area contributed by atoms with E-state index in [1.165, 1.54) is 0 Å². The zero-order chi connectivity index (χ0) is 13.8. The maximum atomic E-state index is 12.0. The van der Waals surface area contributed by atoms with Crippen LogP contribution in [-0.4, -0.2) is 37.4 Å². The fourth-order valence-electron chi connectivity index (χ4n) is 2.40. The Morgan fingerprint density at radius 3 is 3.00 bits per heavy atom. The van der Waals surface area contributed by atoms with E-state index in [-0.39, 0.29) is 18.5 Å². The highest BCUT2D eigenvalue weighted by Crippen LogP contribution is 2.29. The molecule has 1 aliphatic rings. The van der Waals surface area contributed by atoms with Gasteiger partial charge in [0.15, 0.2) is 0 Å². The molecule has 0 spiro atoms. The van der Waals surface area contributed by atoms with Gasteiger partial charge in [-0.3, -0.25) is 0 Å². The standard InChI is InChI=1S/C14H20N2O3/c1-2-19-14(18)12-7-11(15)3-4-13(12)16-6-5-10(8-16)9-17/h3-4,7,10,17H,2,5-6,8-9,15H2,1H3. The smallest absolute Gasteiger partial charge is 0.340 e. The normalized spacial score (nSPS) is 18.6. The van der Waals surface area contributed by atoms with Crippen LogP contribution in [-0.2, 0) is 4.74 Å². The molecule has 0 aromatic heterocycles. The molecule has 1 unspecified atom stereocenters. The third kappa shape index (κ3) is 2.98. The highest BCUT2D eigenvalue weighted by Gasteiger charge is 2.25. The van der Waals surface area contributed by atoms with Crippen LogP contribution in [0, 0.1) is 5.92 Å². The number of hydrogen-bond acceptors (Lipinski definition) is 5. The quantitative estimate of drug-likeness (QED) is 0.632. The molecule has 3 N–H and O–H groups in total. The molecular weight excluding hydrogens is 244 g/mol. The molecule has 1 saturated heterocycles. The second kappa shape index (κ2) is 5.93. The fourth-order valence-corrected chi connectivity index (χ4v) is 2.40.